The second-order valence-electron chi connectivity index (χ2n) is 19.4. The number of allylic oxidation sites excluding steroid dienone is 3. The number of nitrogens with zero attached hydrogens (tertiary/aromatic N) is 3. The molecule has 3 amide bonds. The van der Waals surface area contributed by atoms with Crippen LogP contribution in [0.2, 0.25) is 0 Å². The van der Waals surface area contributed by atoms with Crippen molar-refractivity contribution in [1.82, 2.24) is 14.7 Å². The Bertz CT molecular complexity index is 2390. The van der Waals surface area contributed by atoms with Gasteiger partial charge < -0.3 is 40.1 Å². The van der Waals surface area contributed by atoms with Crippen LogP contribution in [-0.2, 0) is 67.4 Å². The molecule has 6 rings (SSSR count). The third kappa shape index (κ3) is 14.9. The van der Waals surface area contributed by atoms with Crippen molar-refractivity contribution in [2.45, 2.75) is 129 Å². The van der Waals surface area contributed by atoms with Gasteiger partial charge in [0.2, 0.25) is 0 Å². The Morgan fingerprint density at radius 3 is 1.10 bits per heavy atom. The number of hydrogen-bond donors (Lipinski definition) is 2. The number of ether oxygens (including phenoxy) is 6. The van der Waals surface area contributed by atoms with E-state index in [1.54, 1.807) is 59.8 Å². The molecular weight excluding hydrogens is 1000 g/mol. The molecule has 0 saturated carbocycles. The fourth-order valence-corrected chi connectivity index (χ4v) is 10.4. The summed E-state index contributed by atoms with van der Waals surface area (Å²) >= 11 is 0. The van der Waals surface area contributed by atoms with Crippen LogP contribution in [0.15, 0.2) is 129 Å². The first-order valence-electron chi connectivity index (χ1n) is 24.5. The number of ketones is 1. The van der Waals surface area contributed by atoms with Gasteiger partial charge in [0.05, 0.1) is 57.1 Å². The number of likely N-dealkylation sites (tertiary alicyclic amines) is 3. The smallest absolute Gasteiger partial charge is 1.00 e. The van der Waals surface area contributed by atoms with Gasteiger partial charge in [0.25, 0.3) is 0 Å². The van der Waals surface area contributed by atoms with E-state index in [0.717, 1.165) is 16.7 Å². The summed E-state index contributed by atoms with van der Waals surface area (Å²) in [4.78, 5) is 91.5. The average molecular weight is 1080 g/mol. The molecular formula is C57H74BN3NaO15. The van der Waals surface area contributed by atoms with Crippen molar-refractivity contribution < 1.29 is 103 Å². The Hall–Kier alpha value is -6.25. The van der Waals surface area contributed by atoms with E-state index in [4.69, 9.17) is 28.4 Å². The molecule has 0 bridgehead atoms. The summed E-state index contributed by atoms with van der Waals surface area (Å²) < 4.78 is 30.7. The molecule has 411 valence electrons. The third-order valence-corrected chi connectivity index (χ3v) is 14.4. The number of hydrogen-bond acceptors (Lipinski definition) is 15. The van der Waals surface area contributed by atoms with Crippen molar-refractivity contribution in [3.8, 4) is 0 Å². The molecule has 3 aromatic carbocycles. The zero-order valence-electron chi connectivity index (χ0n) is 47.0. The molecule has 3 heterocycles. The standard InChI is InChI=1S/2C19H25NO5.C19H23NO5.B.Na.H/c3*1-5-11-19(3)15(17(22)24-4)20(13(2)16(19)21)18(23)25-12-14-9-7-6-8-10-14;;;/h2*5-10,13,15-16,21H,1,11-12H2,2-4H3;5-10,13,15H,1,11-12H2,2-4H3;;;/q;;;;+1;-1/t13-,15-,16+,19+;13-,15-,16-,19+;13-,15-,19+;;;/m111.../s1. The molecule has 0 aliphatic carbocycles. The molecule has 18 nitrogen and oxygen atoms in total. The molecule has 3 aliphatic heterocycles. The van der Waals surface area contributed by atoms with E-state index < -0.39 is 101 Å². The molecule has 3 aromatic rings. The number of carbonyl (C=O) groups excluding carboxylic acids is 7. The fourth-order valence-electron chi connectivity index (χ4n) is 10.4. The average Bonchev–Trinajstić information content (AvgIpc) is 3.84. The summed E-state index contributed by atoms with van der Waals surface area (Å²) in [6, 6.07) is 22.8. The minimum absolute atomic E-state index is 0. The van der Waals surface area contributed by atoms with Gasteiger partial charge in [0.15, 0.2) is 5.78 Å². The van der Waals surface area contributed by atoms with Crippen LogP contribution in [0, 0.1) is 16.2 Å². The van der Waals surface area contributed by atoms with Gasteiger partial charge in [-0.25, -0.2) is 28.8 Å². The number of carbonyl (C=O) groups is 7. The van der Waals surface area contributed by atoms with Gasteiger partial charge in [-0.3, -0.25) is 19.5 Å². The first kappa shape index (κ1) is 66.9. The number of methoxy groups -OCH3 is 3. The minimum Gasteiger partial charge on any atom is -1.00 e. The van der Waals surface area contributed by atoms with E-state index in [1.165, 1.54) is 36.0 Å². The quantitative estimate of drug-likeness (QED) is 0.0927. The van der Waals surface area contributed by atoms with Crippen LogP contribution in [0.25, 0.3) is 0 Å². The summed E-state index contributed by atoms with van der Waals surface area (Å²) in [5.41, 5.74) is -0.365. The maximum Gasteiger partial charge on any atom is 1.00 e. The van der Waals surface area contributed by atoms with Gasteiger partial charge in [-0.1, -0.05) is 123 Å². The minimum atomic E-state index is -1.08. The van der Waals surface area contributed by atoms with Crippen molar-refractivity contribution in [2.24, 2.45) is 16.2 Å². The van der Waals surface area contributed by atoms with Crippen LogP contribution in [-0.4, -0.2) is 145 Å². The maximum absolute atomic E-state index is 12.7. The van der Waals surface area contributed by atoms with E-state index in [0.29, 0.717) is 12.8 Å². The second-order valence-corrected chi connectivity index (χ2v) is 19.4. The predicted molar refractivity (Wildman–Crippen MR) is 284 cm³/mol. The predicted octanol–water partition coefficient (Wildman–Crippen LogP) is 4.48. The topological polar surface area (TPSA) is 225 Å². The van der Waals surface area contributed by atoms with Crippen LogP contribution in [0.3, 0.4) is 0 Å². The molecule has 3 saturated heterocycles. The monoisotopic (exact) mass is 1070 g/mol. The van der Waals surface area contributed by atoms with Crippen LogP contribution in [0.4, 0.5) is 14.4 Å². The molecule has 0 unspecified atom stereocenters. The summed E-state index contributed by atoms with van der Waals surface area (Å²) in [5.74, 6) is -2.01. The van der Waals surface area contributed by atoms with Gasteiger partial charge in [0.1, 0.15) is 37.9 Å². The van der Waals surface area contributed by atoms with E-state index in [9.17, 15) is 43.8 Å². The number of esters is 3. The largest absolute Gasteiger partial charge is 1.00 e. The Balaban J connectivity index is 0.000000574. The second kappa shape index (κ2) is 30.0. The molecule has 11 atom stereocenters. The normalized spacial score (nSPS) is 26.8. The Kier molecular flexibility index (Phi) is 26.1. The van der Waals surface area contributed by atoms with Crippen molar-refractivity contribution in [3.63, 3.8) is 0 Å². The van der Waals surface area contributed by atoms with E-state index >= 15 is 0 Å². The van der Waals surface area contributed by atoms with Gasteiger partial charge in [-0.05, 0) is 63.6 Å². The Morgan fingerprint density at radius 1 is 0.532 bits per heavy atom. The molecule has 3 radical (unpaired) electrons. The first-order valence-corrected chi connectivity index (χ1v) is 24.5. The molecule has 20 heteroatoms. The van der Waals surface area contributed by atoms with Crippen molar-refractivity contribution in [3.05, 3.63) is 146 Å². The maximum atomic E-state index is 12.7. The third-order valence-electron chi connectivity index (χ3n) is 14.4. The summed E-state index contributed by atoms with van der Waals surface area (Å²) in [5, 5.41) is 21.3. The van der Waals surface area contributed by atoms with E-state index in [2.05, 4.69) is 19.7 Å². The van der Waals surface area contributed by atoms with Crippen molar-refractivity contribution in [2.75, 3.05) is 21.3 Å². The van der Waals surface area contributed by atoms with Crippen molar-refractivity contribution >= 4 is 50.4 Å². The number of benzene rings is 3. The zero-order valence-corrected chi connectivity index (χ0v) is 48.0. The SMILES string of the molecule is C=CC[C@]1(C)C(=O)[C@@H](C)N(C(=O)OCc2ccccc2)[C@@H]1C(=O)OC.C=CC[C@]1(C)[C@@H](O)[C@@H](C)N(C(=O)OCc2ccccc2)[C@@H]1C(=O)OC.C=CC[C@]1(C)[C@H](O)[C@@H](C)N(C(=O)OCc2ccccc2)[C@@H]1C(=O)OC.[B].[H-].[Na+]. The zero-order chi connectivity index (χ0) is 55.8. The van der Waals surface area contributed by atoms with Crippen LogP contribution in [0.5, 0.6) is 0 Å². The molecule has 0 spiro atoms. The Labute approximate surface area is 478 Å². The fraction of sp³-hybridized carbons (Fsp3) is 0.456. The number of aliphatic hydroxyl groups excluding tert-OH is 2. The van der Waals surface area contributed by atoms with Crippen LogP contribution in [0.1, 0.15) is 78.9 Å². The molecule has 3 fully saturated rings. The van der Waals surface area contributed by atoms with Crippen LogP contribution < -0.4 is 29.6 Å². The Morgan fingerprint density at radius 2 is 0.818 bits per heavy atom. The molecule has 2 N–H and O–H groups in total. The van der Waals surface area contributed by atoms with Crippen LogP contribution >= 0.6 is 0 Å². The summed E-state index contributed by atoms with van der Waals surface area (Å²) in [7, 11) is 3.76. The van der Waals surface area contributed by atoms with Gasteiger partial charge >= 0.3 is 65.7 Å². The first-order chi connectivity index (χ1) is 35.6. The number of Topliss-reactive ketones (excluding diaryl/α,β-unsaturated/α-hetero) is 1. The van der Waals surface area contributed by atoms with E-state index in [1.807, 2.05) is 91.0 Å². The van der Waals surface area contributed by atoms with Gasteiger partial charge in [-0.15, -0.1) is 19.7 Å². The molecule has 77 heavy (non-hydrogen) atoms. The van der Waals surface area contributed by atoms with Gasteiger partial charge in [-0.2, -0.15) is 0 Å². The number of rotatable bonds is 15. The van der Waals surface area contributed by atoms with E-state index in [-0.39, 0.29) is 71.4 Å². The molecule has 0 aromatic heterocycles. The molecule has 3 aliphatic rings. The summed E-state index contributed by atoms with van der Waals surface area (Å²) in [6.07, 6.45) is 1.98. The van der Waals surface area contributed by atoms with Gasteiger partial charge in [0, 0.05) is 19.2 Å². The number of amides is 3. The van der Waals surface area contributed by atoms with Crippen molar-refractivity contribution in [1.29, 1.82) is 0 Å². The summed E-state index contributed by atoms with van der Waals surface area (Å²) in [6.45, 7) is 21.4. The number of aliphatic hydroxyl groups is 2.